The number of aryl methyl sites for hydroxylation is 1. The molecule has 2 N–H and O–H groups in total. The SMILES string of the molecule is CCC(C)n1c(=O)n(CC)c(=O)c2c1nc(NCCO)n2C. The van der Waals surface area contributed by atoms with Crippen molar-refractivity contribution >= 4 is 17.1 Å². The van der Waals surface area contributed by atoms with Gasteiger partial charge < -0.3 is 15.0 Å². The molecule has 0 amide bonds. The Morgan fingerprint density at radius 2 is 2.00 bits per heavy atom. The standard InChI is InChI=1S/C14H23N5O3/c1-5-9(3)19-11-10(12(21)18(6-2)14(19)22)17(4)13(16-11)15-7-8-20/h9,20H,5-8H2,1-4H3,(H,15,16). The Labute approximate surface area is 128 Å². The molecule has 0 aliphatic heterocycles. The largest absolute Gasteiger partial charge is 0.395 e. The summed E-state index contributed by atoms with van der Waals surface area (Å²) in [7, 11) is 1.72. The first-order valence-electron chi connectivity index (χ1n) is 7.54. The normalized spacial score (nSPS) is 12.8. The van der Waals surface area contributed by atoms with Gasteiger partial charge in [-0.15, -0.1) is 0 Å². The van der Waals surface area contributed by atoms with Gasteiger partial charge in [0, 0.05) is 26.2 Å². The minimum atomic E-state index is -0.339. The summed E-state index contributed by atoms with van der Waals surface area (Å²) in [6, 6.07) is -0.0611. The van der Waals surface area contributed by atoms with E-state index in [9.17, 15) is 9.59 Å². The second-order valence-electron chi connectivity index (χ2n) is 5.28. The third-order valence-electron chi connectivity index (χ3n) is 3.93. The minimum Gasteiger partial charge on any atom is -0.395 e. The zero-order valence-electron chi connectivity index (χ0n) is 13.5. The summed E-state index contributed by atoms with van der Waals surface area (Å²) in [5.41, 5.74) is 0.106. The van der Waals surface area contributed by atoms with Crippen LogP contribution in [0.15, 0.2) is 9.59 Å². The molecule has 1 atom stereocenters. The first-order valence-corrected chi connectivity index (χ1v) is 7.54. The van der Waals surface area contributed by atoms with E-state index in [1.54, 1.807) is 23.1 Å². The molecule has 0 saturated carbocycles. The number of imidazole rings is 1. The molecular weight excluding hydrogens is 286 g/mol. The Bertz CT molecular complexity index is 786. The Hall–Kier alpha value is -2.09. The van der Waals surface area contributed by atoms with Gasteiger partial charge in [-0.3, -0.25) is 13.9 Å². The molecule has 2 heterocycles. The second kappa shape index (κ2) is 6.35. The van der Waals surface area contributed by atoms with Gasteiger partial charge in [0.2, 0.25) is 5.95 Å². The van der Waals surface area contributed by atoms with Crippen molar-refractivity contribution in [2.45, 2.75) is 39.8 Å². The van der Waals surface area contributed by atoms with Gasteiger partial charge in [-0.05, 0) is 20.3 Å². The van der Waals surface area contributed by atoms with E-state index in [2.05, 4.69) is 10.3 Å². The van der Waals surface area contributed by atoms with Crippen LogP contribution in [0.2, 0.25) is 0 Å². The van der Waals surface area contributed by atoms with Gasteiger partial charge in [-0.1, -0.05) is 6.92 Å². The number of aliphatic hydroxyl groups is 1. The van der Waals surface area contributed by atoms with E-state index in [4.69, 9.17) is 5.11 Å². The van der Waals surface area contributed by atoms with Crippen LogP contribution in [-0.2, 0) is 13.6 Å². The molecule has 2 aromatic heterocycles. The van der Waals surface area contributed by atoms with Gasteiger partial charge in [-0.2, -0.15) is 4.98 Å². The van der Waals surface area contributed by atoms with Crippen molar-refractivity contribution in [3.8, 4) is 0 Å². The summed E-state index contributed by atoms with van der Waals surface area (Å²) in [5.74, 6) is 0.464. The fourth-order valence-electron chi connectivity index (χ4n) is 2.51. The van der Waals surface area contributed by atoms with Crippen molar-refractivity contribution in [2.75, 3.05) is 18.5 Å². The summed E-state index contributed by atoms with van der Waals surface area (Å²) < 4.78 is 4.44. The number of nitrogens with zero attached hydrogens (tertiary/aromatic N) is 4. The van der Waals surface area contributed by atoms with Crippen LogP contribution in [0.1, 0.15) is 33.2 Å². The molecule has 0 fully saturated rings. The summed E-state index contributed by atoms with van der Waals surface area (Å²) in [4.78, 5) is 29.6. The molecule has 2 aromatic rings. The van der Waals surface area contributed by atoms with E-state index in [0.717, 1.165) is 6.42 Å². The van der Waals surface area contributed by atoms with Crippen LogP contribution < -0.4 is 16.6 Å². The van der Waals surface area contributed by atoms with E-state index in [-0.39, 0.29) is 23.9 Å². The van der Waals surface area contributed by atoms with Crippen LogP contribution in [0.5, 0.6) is 0 Å². The van der Waals surface area contributed by atoms with Crippen molar-refractivity contribution in [1.29, 1.82) is 0 Å². The van der Waals surface area contributed by atoms with Crippen molar-refractivity contribution in [3.05, 3.63) is 20.8 Å². The molecule has 22 heavy (non-hydrogen) atoms. The van der Waals surface area contributed by atoms with Crippen LogP contribution in [0.3, 0.4) is 0 Å². The molecule has 2 rings (SSSR count). The number of hydrogen-bond acceptors (Lipinski definition) is 5. The number of rotatable bonds is 6. The molecular formula is C14H23N5O3. The molecule has 1 unspecified atom stereocenters. The number of aromatic nitrogens is 4. The smallest absolute Gasteiger partial charge is 0.332 e. The molecule has 0 bridgehead atoms. The first-order chi connectivity index (χ1) is 10.5. The zero-order valence-corrected chi connectivity index (χ0v) is 13.5. The lowest BCUT2D eigenvalue weighted by Crippen LogP contribution is -2.41. The van der Waals surface area contributed by atoms with Gasteiger partial charge in [0.25, 0.3) is 5.56 Å². The summed E-state index contributed by atoms with van der Waals surface area (Å²) >= 11 is 0. The highest BCUT2D eigenvalue weighted by Gasteiger charge is 2.21. The van der Waals surface area contributed by atoms with E-state index in [1.807, 2.05) is 13.8 Å². The number of aliphatic hydroxyl groups excluding tert-OH is 1. The average Bonchev–Trinajstić information content (AvgIpc) is 2.82. The van der Waals surface area contributed by atoms with E-state index in [0.29, 0.717) is 30.2 Å². The number of fused-ring (bicyclic) bond motifs is 1. The Morgan fingerprint density at radius 1 is 1.32 bits per heavy atom. The topological polar surface area (TPSA) is 94.1 Å². The fraction of sp³-hybridized carbons (Fsp3) is 0.643. The quantitative estimate of drug-likeness (QED) is 0.800. The highest BCUT2D eigenvalue weighted by atomic mass is 16.3. The van der Waals surface area contributed by atoms with Gasteiger partial charge in [0.1, 0.15) is 0 Å². The molecule has 122 valence electrons. The Balaban J connectivity index is 2.87. The summed E-state index contributed by atoms with van der Waals surface area (Å²) in [5, 5.41) is 11.9. The molecule has 0 saturated heterocycles. The first kappa shape index (κ1) is 16.3. The van der Waals surface area contributed by atoms with Crippen LogP contribution in [0.25, 0.3) is 11.2 Å². The van der Waals surface area contributed by atoms with E-state index >= 15 is 0 Å². The molecule has 0 radical (unpaired) electrons. The van der Waals surface area contributed by atoms with Gasteiger partial charge in [0.05, 0.1) is 6.61 Å². The fourth-order valence-corrected chi connectivity index (χ4v) is 2.51. The third-order valence-corrected chi connectivity index (χ3v) is 3.93. The highest BCUT2D eigenvalue weighted by molar-refractivity contribution is 5.74. The monoisotopic (exact) mass is 309 g/mol. The lowest BCUT2D eigenvalue weighted by molar-refractivity contribution is 0.310. The maximum Gasteiger partial charge on any atom is 0.332 e. The summed E-state index contributed by atoms with van der Waals surface area (Å²) in [6.07, 6.45) is 0.757. The lowest BCUT2D eigenvalue weighted by Gasteiger charge is -2.15. The van der Waals surface area contributed by atoms with Crippen molar-refractivity contribution in [2.24, 2.45) is 7.05 Å². The van der Waals surface area contributed by atoms with Crippen LogP contribution >= 0.6 is 0 Å². The van der Waals surface area contributed by atoms with Crippen LogP contribution in [0.4, 0.5) is 5.95 Å². The molecule has 8 nitrogen and oxygen atoms in total. The van der Waals surface area contributed by atoms with Gasteiger partial charge in [-0.25, -0.2) is 4.79 Å². The molecule has 0 aromatic carbocycles. The van der Waals surface area contributed by atoms with E-state index < -0.39 is 0 Å². The highest BCUT2D eigenvalue weighted by Crippen LogP contribution is 2.18. The second-order valence-corrected chi connectivity index (χ2v) is 5.28. The molecule has 0 aliphatic carbocycles. The van der Waals surface area contributed by atoms with Gasteiger partial charge in [0.15, 0.2) is 11.2 Å². The zero-order chi connectivity index (χ0) is 16.4. The predicted octanol–water partition coefficient (Wildman–Crippen LogP) is 0.292. The maximum atomic E-state index is 12.6. The van der Waals surface area contributed by atoms with Crippen molar-refractivity contribution < 1.29 is 5.11 Å². The van der Waals surface area contributed by atoms with Crippen molar-refractivity contribution in [1.82, 2.24) is 18.7 Å². The Morgan fingerprint density at radius 3 is 2.55 bits per heavy atom. The van der Waals surface area contributed by atoms with Gasteiger partial charge >= 0.3 is 5.69 Å². The number of anilines is 1. The number of hydrogen-bond donors (Lipinski definition) is 2. The minimum absolute atomic E-state index is 0.0411. The average molecular weight is 309 g/mol. The van der Waals surface area contributed by atoms with Crippen LogP contribution in [-0.4, -0.2) is 36.9 Å². The van der Waals surface area contributed by atoms with Crippen LogP contribution in [0, 0.1) is 0 Å². The Kier molecular flexibility index (Phi) is 4.70. The molecule has 0 spiro atoms. The van der Waals surface area contributed by atoms with E-state index in [1.165, 1.54) is 4.57 Å². The molecule has 8 heteroatoms. The predicted molar refractivity (Wildman–Crippen MR) is 85.5 cm³/mol. The third kappa shape index (κ3) is 2.43. The molecule has 0 aliphatic rings. The summed E-state index contributed by atoms with van der Waals surface area (Å²) in [6.45, 7) is 6.29. The van der Waals surface area contributed by atoms with Crippen molar-refractivity contribution in [3.63, 3.8) is 0 Å². The number of nitrogens with one attached hydrogen (secondary N) is 1. The lowest BCUT2D eigenvalue weighted by atomic mass is 10.2. The maximum absolute atomic E-state index is 12.6.